The van der Waals surface area contributed by atoms with Crippen molar-refractivity contribution in [3.63, 3.8) is 0 Å². The molecule has 1 aromatic heterocycles. The van der Waals surface area contributed by atoms with Crippen molar-refractivity contribution in [2.75, 3.05) is 18.5 Å². The van der Waals surface area contributed by atoms with E-state index in [2.05, 4.69) is 10.3 Å². The molecule has 1 saturated heterocycles. The van der Waals surface area contributed by atoms with Crippen molar-refractivity contribution in [2.24, 2.45) is 0 Å². The first-order chi connectivity index (χ1) is 8.83. The molecule has 2 heterocycles. The van der Waals surface area contributed by atoms with Gasteiger partial charge in [-0.2, -0.15) is 0 Å². The Labute approximate surface area is 106 Å². The molecule has 1 aromatic carbocycles. The molecule has 0 bridgehead atoms. The summed E-state index contributed by atoms with van der Waals surface area (Å²) in [6, 6.07) is 7.58. The number of phenolic OH excluding ortho intramolecular Hbond substituents is 1. The van der Waals surface area contributed by atoms with Crippen LogP contribution in [-0.4, -0.2) is 29.3 Å². The van der Waals surface area contributed by atoms with Crippen molar-refractivity contribution < 1.29 is 9.84 Å². The van der Waals surface area contributed by atoms with Crippen molar-refractivity contribution in [3.05, 3.63) is 30.5 Å². The number of fused-ring (bicyclic) bond motifs is 1. The standard InChI is InChI=1S/C14H16N2O2/c17-12-4-3-10-5-6-15-14(13(10)8-12)16-11-2-1-7-18-9-11/h3-6,8,11,17H,1-2,7,9H2,(H,15,16). The lowest BCUT2D eigenvalue weighted by Gasteiger charge is -2.24. The Morgan fingerprint density at radius 3 is 3.11 bits per heavy atom. The van der Waals surface area contributed by atoms with Crippen molar-refractivity contribution in [1.29, 1.82) is 0 Å². The summed E-state index contributed by atoms with van der Waals surface area (Å²) in [6.07, 6.45) is 3.95. The van der Waals surface area contributed by atoms with E-state index < -0.39 is 0 Å². The van der Waals surface area contributed by atoms with E-state index in [9.17, 15) is 5.11 Å². The van der Waals surface area contributed by atoms with Crippen LogP contribution in [0.1, 0.15) is 12.8 Å². The molecule has 1 fully saturated rings. The van der Waals surface area contributed by atoms with Crippen LogP contribution in [0, 0.1) is 0 Å². The summed E-state index contributed by atoms with van der Waals surface area (Å²) in [6.45, 7) is 1.57. The number of nitrogens with one attached hydrogen (secondary N) is 1. The zero-order valence-electron chi connectivity index (χ0n) is 10.1. The van der Waals surface area contributed by atoms with Gasteiger partial charge in [0.15, 0.2) is 0 Å². The van der Waals surface area contributed by atoms with Gasteiger partial charge >= 0.3 is 0 Å². The van der Waals surface area contributed by atoms with E-state index in [0.29, 0.717) is 6.04 Å². The van der Waals surface area contributed by atoms with Gasteiger partial charge in [-0.25, -0.2) is 4.98 Å². The van der Waals surface area contributed by atoms with Crippen LogP contribution in [0.3, 0.4) is 0 Å². The summed E-state index contributed by atoms with van der Waals surface area (Å²) in [5.41, 5.74) is 0. The molecule has 0 amide bonds. The highest BCUT2D eigenvalue weighted by Crippen LogP contribution is 2.26. The van der Waals surface area contributed by atoms with Gasteiger partial charge in [0.2, 0.25) is 0 Å². The van der Waals surface area contributed by atoms with Gasteiger partial charge in [-0.1, -0.05) is 6.07 Å². The smallest absolute Gasteiger partial charge is 0.134 e. The Morgan fingerprint density at radius 2 is 2.28 bits per heavy atom. The maximum atomic E-state index is 9.58. The molecule has 0 saturated carbocycles. The predicted molar refractivity (Wildman–Crippen MR) is 70.9 cm³/mol. The molecule has 0 radical (unpaired) electrons. The number of aromatic nitrogens is 1. The molecular weight excluding hydrogens is 228 g/mol. The van der Waals surface area contributed by atoms with Crippen LogP contribution in [0.4, 0.5) is 5.82 Å². The Balaban J connectivity index is 1.92. The molecule has 3 rings (SSSR count). The molecular formula is C14H16N2O2. The Kier molecular flexibility index (Phi) is 3.02. The molecule has 2 aromatic rings. The summed E-state index contributed by atoms with van der Waals surface area (Å²) in [5.74, 6) is 1.08. The number of nitrogens with zero attached hydrogens (tertiary/aromatic N) is 1. The fourth-order valence-electron chi connectivity index (χ4n) is 2.32. The second kappa shape index (κ2) is 4.82. The van der Waals surface area contributed by atoms with E-state index in [1.807, 2.05) is 12.1 Å². The number of phenols is 1. The number of aromatic hydroxyl groups is 1. The molecule has 0 spiro atoms. The topological polar surface area (TPSA) is 54.4 Å². The molecule has 1 unspecified atom stereocenters. The molecule has 4 heteroatoms. The fraction of sp³-hybridized carbons (Fsp3) is 0.357. The maximum absolute atomic E-state index is 9.58. The highest BCUT2D eigenvalue weighted by atomic mass is 16.5. The molecule has 4 nitrogen and oxygen atoms in total. The van der Waals surface area contributed by atoms with E-state index in [1.165, 1.54) is 0 Å². The highest BCUT2D eigenvalue weighted by molar-refractivity contribution is 5.92. The molecule has 1 aliphatic heterocycles. The number of benzene rings is 1. The third-order valence-corrected chi connectivity index (χ3v) is 3.25. The molecule has 1 aliphatic rings. The predicted octanol–water partition coefficient (Wildman–Crippen LogP) is 2.53. The van der Waals surface area contributed by atoms with Gasteiger partial charge < -0.3 is 15.2 Å². The zero-order chi connectivity index (χ0) is 12.4. The van der Waals surface area contributed by atoms with E-state index in [-0.39, 0.29) is 5.75 Å². The van der Waals surface area contributed by atoms with Crippen LogP contribution in [0.2, 0.25) is 0 Å². The monoisotopic (exact) mass is 244 g/mol. The van der Waals surface area contributed by atoms with E-state index in [4.69, 9.17) is 4.74 Å². The minimum absolute atomic E-state index is 0.262. The third kappa shape index (κ3) is 2.24. The Morgan fingerprint density at radius 1 is 1.33 bits per heavy atom. The quantitative estimate of drug-likeness (QED) is 0.852. The normalized spacial score (nSPS) is 19.9. The summed E-state index contributed by atoms with van der Waals surface area (Å²) in [7, 11) is 0. The number of hydrogen-bond donors (Lipinski definition) is 2. The van der Waals surface area contributed by atoms with Crippen LogP contribution in [-0.2, 0) is 4.74 Å². The molecule has 18 heavy (non-hydrogen) atoms. The van der Waals surface area contributed by atoms with E-state index in [0.717, 1.165) is 42.6 Å². The minimum atomic E-state index is 0.262. The average Bonchev–Trinajstić information content (AvgIpc) is 2.41. The van der Waals surface area contributed by atoms with Crippen molar-refractivity contribution >= 4 is 16.6 Å². The van der Waals surface area contributed by atoms with Gasteiger partial charge in [-0.05, 0) is 36.4 Å². The largest absolute Gasteiger partial charge is 0.508 e. The molecule has 1 atom stereocenters. The summed E-state index contributed by atoms with van der Waals surface area (Å²) >= 11 is 0. The van der Waals surface area contributed by atoms with Gasteiger partial charge in [0.05, 0.1) is 12.6 Å². The SMILES string of the molecule is Oc1ccc2ccnc(NC3CCCOC3)c2c1. The van der Waals surface area contributed by atoms with E-state index in [1.54, 1.807) is 18.3 Å². The fourth-order valence-corrected chi connectivity index (χ4v) is 2.32. The van der Waals surface area contributed by atoms with Crippen LogP contribution >= 0.6 is 0 Å². The zero-order valence-corrected chi connectivity index (χ0v) is 10.1. The van der Waals surface area contributed by atoms with Gasteiger partial charge in [0, 0.05) is 18.2 Å². The van der Waals surface area contributed by atoms with Crippen LogP contribution in [0.5, 0.6) is 5.75 Å². The summed E-state index contributed by atoms with van der Waals surface area (Å²) in [4.78, 5) is 4.36. The Hall–Kier alpha value is -1.81. The maximum Gasteiger partial charge on any atom is 0.134 e. The van der Waals surface area contributed by atoms with Crippen molar-refractivity contribution in [3.8, 4) is 5.75 Å². The highest BCUT2D eigenvalue weighted by Gasteiger charge is 2.15. The van der Waals surface area contributed by atoms with Gasteiger partial charge in [0.25, 0.3) is 0 Å². The van der Waals surface area contributed by atoms with Gasteiger partial charge in [-0.15, -0.1) is 0 Å². The second-order valence-corrected chi connectivity index (χ2v) is 4.62. The van der Waals surface area contributed by atoms with Crippen LogP contribution < -0.4 is 5.32 Å². The summed E-state index contributed by atoms with van der Waals surface area (Å²) in [5, 5.41) is 15.0. The minimum Gasteiger partial charge on any atom is -0.508 e. The first-order valence-corrected chi connectivity index (χ1v) is 6.25. The van der Waals surface area contributed by atoms with E-state index >= 15 is 0 Å². The van der Waals surface area contributed by atoms with Crippen molar-refractivity contribution in [1.82, 2.24) is 4.98 Å². The summed E-state index contributed by atoms with van der Waals surface area (Å²) < 4.78 is 5.45. The number of pyridine rings is 1. The second-order valence-electron chi connectivity index (χ2n) is 4.62. The van der Waals surface area contributed by atoms with Crippen LogP contribution in [0.25, 0.3) is 10.8 Å². The first kappa shape index (κ1) is 11.3. The first-order valence-electron chi connectivity index (χ1n) is 6.25. The van der Waals surface area contributed by atoms with Gasteiger partial charge in [0.1, 0.15) is 11.6 Å². The number of hydrogen-bond acceptors (Lipinski definition) is 4. The number of ether oxygens (including phenoxy) is 1. The lowest BCUT2D eigenvalue weighted by Crippen LogP contribution is -2.30. The number of rotatable bonds is 2. The lowest BCUT2D eigenvalue weighted by molar-refractivity contribution is 0.0875. The Bertz CT molecular complexity index is 550. The van der Waals surface area contributed by atoms with Crippen molar-refractivity contribution in [2.45, 2.75) is 18.9 Å². The third-order valence-electron chi connectivity index (χ3n) is 3.25. The molecule has 2 N–H and O–H groups in total. The lowest BCUT2D eigenvalue weighted by atomic mass is 10.1. The molecule has 94 valence electrons. The van der Waals surface area contributed by atoms with Crippen LogP contribution in [0.15, 0.2) is 30.5 Å². The average molecular weight is 244 g/mol. The van der Waals surface area contributed by atoms with Gasteiger partial charge in [-0.3, -0.25) is 0 Å². The number of anilines is 1. The molecule has 0 aliphatic carbocycles.